The molecule has 0 fully saturated rings. The van der Waals surface area contributed by atoms with E-state index < -0.39 is 0 Å². The molecule has 0 saturated heterocycles. The maximum absolute atomic E-state index is 11.0. The first-order valence-electron chi connectivity index (χ1n) is 5.99. The van der Waals surface area contributed by atoms with Gasteiger partial charge in [-0.15, -0.1) is 0 Å². The molecule has 0 saturated carbocycles. The summed E-state index contributed by atoms with van der Waals surface area (Å²) in [5.41, 5.74) is 4.35. The third kappa shape index (κ3) is 3.30. The number of nitrogens with one attached hydrogen (secondary N) is 1. The Hall–Kier alpha value is -1.88. The van der Waals surface area contributed by atoms with Gasteiger partial charge in [0.15, 0.2) is 0 Å². The molecule has 1 aromatic rings. The van der Waals surface area contributed by atoms with Crippen molar-refractivity contribution in [1.29, 1.82) is 0 Å². The van der Waals surface area contributed by atoms with Gasteiger partial charge >= 0.3 is 0 Å². The maximum Gasteiger partial charge on any atom is 0.240 e. The van der Waals surface area contributed by atoms with Crippen LogP contribution in [0.15, 0.2) is 29.4 Å². The zero-order chi connectivity index (χ0) is 12.8. The van der Waals surface area contributed by atoms with Gasteiger partial charge in [-0.2, -0.15) is 5.10 Å². The van der Waals surface area contributed by atoms with E-state index in [9.17, 15) is 4.79 Å². The van der Waals surface area contributed by atoms with Crippen molar-refractivity contribution in [2.75, 3.05) is 13.2 Å². The number of benzene rings is 1. The smallest absolute Gasteiger partial charge is 0.240 e. The number of amides is 1. The topological polar surface area (TPSA) is 70.9 Å². The number of nitrogens with zero attached hydrogens (tertiary/aromatic N) is 1. The summed E-state index contributed by atoms with van der Waals surface area (Å²) in [6, 6.07) is 7.58. The molecule has 96 valence electrons. The Kier molecular flexibility index (Phi) is 4.30. The van der Waals surface area contributed by atoms with Crippen LogP contribution in [0.2, 0.25) is 0 Å². The fourth-order valence-electron chi connectivity index (χ4n) is 1.68. The SMILES string of the molecule is O=C1CCC(c2ccc(OCCCO)cc2)=NN1. The molecule has 1 aromatic carbocycles. The summed E-state index contributed by atoms with van der Waals surface area (Å²) in [6.45, 7) is 0.640. The lowest BCUT2D eigenvalue weighted by Gasteiger charge is -2.12. The van der Waals surface area contributed by atoms with Crippen LogP contribution in [-0.2, 0) is 4.79 Å². The molecule has 0 spiro atoms. The molecule has 1 heterocycles. The van der Waals surface area contributed by atoms with Gasteiger partial charge in [-0.1, -0.05) is 0 Å². The van der Waals surface area contributed by atoms with Crippen molar-refractivity contribution in [3.8, 4) is 5.75 Å². The fourth-order valence-corrected chi connectivity index (χ4v) is 1.68. The Morgan fingerprint density at radius 1 is 1.28 bits per heavy atom. The van der Waals surface area contributed by atoms with E-state index in [0.717, 1.165) is 17.0 Å². The van der Waals surface area contributed by atoms with Crippen LogP contribution >= 0.6 is 0 Å². The second-order valence-electron chi connectivity index (χ2n) is 4.04. The van der Waals surface area contributed by atoms with Crippen LogP contribution < -0.4 is 10.2 Å². The molecular formula is C13H16N2O3. The zero-order valence-corrected chi connectivity index (χ0v) is 10.1. The van der Waals surface area contributed by atoms with Crippen molar-refractivity contribution in [3.05, 3.63) is 29.8 Å². The standard InChI is InChI=1S/C13H16N2O3/c16-8-1-9-18-11-4-2-10(3-5-11)12-6-7-13(17)15-14-12/h2-5,16H,1,6-9H2,(H,15,17). The minimum absolute atomic E-state index is 0.0392. The highest BCUT2D eigenvalue weighted by Crippen LogP contribution is 2.15. The number of ether oxygens (including phenoxy) is 1. The Labute approximate surface area is 105 Å². The summed E-state index contributed by atoms with van der Waals surface area (Å²) in [4.78, 5) is 11.0. The molecule has 18 heavy (non-hydrogen) atoms. The average molecular weight is 248 g/mol. The van der Waals surface area contributed by atoms with E-state index in [1.807, 2.05) is 24.3 Å². The second kappa shape index (κ2) is 6.16. The Bertz CT molecular complexity index is 440. The molecule has 1 aliphatic rings. The predicted molar refractivity (Wildman–Crippen MR) is 67.6 cm³/mol. The summed E-state index contributed by atoms with van der Waals surface area (Å²) in [5, 5.41) is 12.7. The third-order valence-electron chi connectivity index (χ3n) is 2.66. The van der Waals surface area contributed by atoms with Gasteiger partial charge in [-0.3, -0.25) is 4.79 Å². The first-order chi connectivity index (χ1) is 8.79. The number of aliphatic hydroxyl groups is 1. The molecule has 0 atom stereocenters. The molecule has 0 radical (unpaired) electrons. The molecular weight excluding hydrogens is 232 g/mol. The van der Waals surface area contributed by atoms with Crippen molar-refractivity contribution < 1.29 is 14.6 Å². The maximum atomic E-state index is 11.0. The first-order valence-corrected chi connectivity index (χ1v) is 5.99. The number of carbonyl (C=O) groups excluding carboxylic acids is 1. The summed E-state index contributed by atoms with van der Waals surface area (Å²) < 4.78 is 5.44. The van der Waals surface area contributed by atoms with Gasteiger partial charge in [0, 0.05) is 25.9 Å². The average Bonchev–Trinajstić information content (AvgIpc) is 2.41. The number of carbonyl (C=O) groups is 1. The summed E-state index contributed by atoms with van der Waals surface area (Å²) in [7, 11) is 0. The third-order valence-corrected chi connectivity index (χ3v) is 2.66. The van der Waals surface area contributed by atoms with E-state index >= 15 is 0 Å². The van der Waals surface area contributed by atoms with Gasteiger partial charge in [0.05, 0.1) is 12.3 Å². The molecule has 2 N–H and O–H groups in total. The van der Waals surface area contributed by atoms with Crippen molar-refractivity contribution in [2.24, 2.45) is 5.10 Å². The summed E-state index contributed by atoms with van der Waals surface area (Å²) >= 11 is 0. The van der Waals surface area contributed by atoms with E-state index in [-0.39, 0.29) is 12.5 Å². The predicted octanol–water partition coefficient (Wildman–Crippen LogP) is 1.06. The Balaban J connectivity index is 1.97. The fraction of sp³-hybridized carbons (Fsp3) is 0.385. The van der Waals surface area contributed by atoms with Gasteiger partial charge in [-0.05, 0) is 29.8 Å². The molecule has 0 unspecified atom stereocenters. The normalized spacial score (nSPS) is 14.9. The summed E-state index contributed by atoms with van der Waals surface area (Å²) in [5.74, 6) is 0.732. The molecule has 1 aliphatic heterocycles. The molecule has 2 rings (SSSR count). The van der Waals surface area contributed by atoms with E-state index in [1.54, 1.807) is 0 Å². The lowest BCUT2D eigenvalue weighted by Crippen LogP contribution is -2.25. The molecule has 5 heteroatoms. The lowest BCUT2D eigenvalue weighted by atomic mass is 10.0. The largest absolute Gasteiger partial charge is 0.494 e. The minimum atomic E-state index is -0.0392. The molecule has 0 aromatic heterocycles. The Morgan fingerprint density at radius 2 is 2.06 bits per heavy atom. The van der Waals surface area contributed by atoms with Gasteiger partial charge in [0.25, 0.3) is 0 Å². The molecule has 1 amide bonds. The van der Waals surface area contributed by atoms with Crippen molar-refractivity contribution in [2.45, 2.75) is 19.3 Å². The van der Waals surface area contributed by atoms with Crippen LogP contribution in [0, 0.1) is 0 Å². The van der Waals surface area contributed by atoms with E-state index in [2.05, 4.69) is 10.5 Å². The number of aliphatic hydroxyl groups excluding tert-OH is 1. The van der Waals surface area contributed by atoms with E-state index in [4.69, 9.17) is 9.84 Å². The number of rotatable bonds is 5. The lowest BCUT2D eigenvalue weighted by molar-refractivity contribution is -0.121. The van der Waals surface area contributed by atoms with Crippen molar-refractivity contribution in [1.82, 2.24) is 5.43 Å². The number of hydrazone groups is 1. The molecule has 0 aliphatic carbocycles. The highest BCUT2D eigenvalue weighted by molar-refractivity contribution is 6.04. The van der Waals surface area contributed by atoms with Crippen LogP contribution in [0.1, 0.15) is 24.8 Å². The van der Waals surface area contributed by atoms with Crippen LogP contribution in [-0.4, -0.2) is 29.9 Å². The number of hydrogen-bond acceptors (Lipinski definition) is 4. The van der Waals surface area contributed by atoms with Crippen LogP contribution in [0.4, 0.5) is 0 Å². The zero-order valence-electron chi connectivity index (χ0n) is 10.1. The summed E-state index contributed by atoms with van der Waals surface area (Å²) in [6.07, 6.45) is 1.77. The van der Waals surface area contributed by atoms with Crippen LogP contribution in [0.3, 0.4) is 0 Å². The quantitative estimate of drug-likeness (QED) is 0.765. The van der Waals surface area contributed by atoms with Crippen molar-refractivity contribution >= 4 is 11.6 Å². The van der Waals surface area contributed by atoms with Crippen molar-refractivity contribution in [3.63, 3.8) is 0 Å². The van der Waals surface area contributed by atoms with Gasteiger partial charge in [0.1, 0.15) is 5.75 Å². The molecule has 0 bridgehead atoms. The van der Waals surface area contributed by atoms with Crippen LogP contribution in [0.5, 0.6) is 5.75 Å². The van der Waals surface area contributed by atoms with Crippen LogP contribution in [0.25, 0.3) is 0 Å². The second-order valence-corrected chi connectivity index (χ2v) is 4.04. The number of hydrogen-bond donors (Lipinski definition) is 2. The monoisotopic (exact) mass is 248 g/mol. The minimum Gasteiger partial charge on any atom is -0.494 e. The first kappa shape index (κ1) is 12.6. The molecule has 5 nitrogen and oxygen atoms in total. The van der Waals surface area contributed by atoms with E-state index in [1.165, 1.54) is 0 Å². The van der Waals surface area contributed by atoms with Gasteiger partial charge in [-0.25, -0.2) is 5.43 Å². The van der Waals surface area contributed by atoms with Gasteiger partial charge < -0.3 is 9.84 Å². The van der Waals surface area contributed by atoms with Gasteiger partial charge in [0.2, 0.25) is 5.91 Å². The highest BCUT2D eigenvalue weighted by atomic mass is 16.5. The Morgan fingerprint density at radius 3 is 2.67 bits per heavy atom. The highest BCUT2D eigenvalue weighted by Gasteiger charge is 2.12. The van der Waals surface area contributed by atoms with E-state index in [0.29, 0.717) is 25.9 Å².